The number of Topliss-reactive ketones (excluding diaryl/α,β-unsaturated/α-hetero) is 1. The van der Waals surface area contributed by atoms with Gasteiger partial charge in [0.25, 0.3) is 0 Å². The van der Waals surface area contributed by atoms with E-state index in [1.54, 1.807) is 0 Å². The van der Waals surface area contributed by atoms with Gasteiger partial charge >= 0.3 is 0 Å². The van der Waals surface area contributed by atoms with Gasteiger partial charge in [-0.3, -0.25) is 4.79 Å². The maximum Gasteiger partial charge on any atom is 0.158 e. The van der Waals surface area contributed by atoms with Gasteiger partial charge in [-0.25, -0.2) is 0 Å². The highest BCUT2D eigenvalue weighted by Crippen LogP contribution is 2.41. The number of unbranched alkanes of at least 4 members (excludes halogenated alkanes) is 15. The lowest BCUT2D eigenvalue weighted by molar-refractivity contribution is -0.116. The van der Waals surface area contributed by atoms with Crippen molar-refractivity contribution in [1.82, 2.24) is 0 Å². The quantitative estimate of drug-likeness (QED) is 0.232. The zero-order valence-electron chi connectivity index (χ0n) is 20.0. The van der Waals surface area contributed by atoms with Crippen LogP contribution in [0, 0.1) is 5.41 Å². The molecule has 1 N–H and O–H groups in total. The molecule has 0 heterocycles. The Bertz CT molecular complexity index is 461. The molecule has 0 aromatic heterocycles. The van der Waals surface area contributed by atoms with Crippen LogP contribution in [-0.4, -0.2) is 17.5 Å². The van der Waals surface area contributed by atoms with Crippen molar-refractivity contribution in [3.05, 3.63) is 11.1 Å². The molecule has 0 atom stereocenters. The van der Waals surface area contributed by atoms with Gasteiger partial charge in [-0.15, -0.1) is 0 Å². The smallest absolute Gasteiger partial charge is 0.158 e. The van der Waals surface area contributed by atoms with Crippen LogP contribution in [-0.2, 0) is 4.79 Å². The SMILES string of the molecule is CC1=C(CCCCCCCCCCCCCCCCCCO)C(C)(C)CCC1=O. The summed E-state index contributed by atoms with van der Waals surface area (Å²) in [4.78, 5) is 12.0. The first-order valence-corrected chi connectivity index (χ1v) is 12.8. The molecule has 0 bridgehead atoms. The third-order valence-electron chi connectivity index (χ3n) is 7.00. The summed E-state index contributed by atoms with van der Waals surface area (Å²) in [6.45, 7) is 7.05. The van der Waals surface area contributed by atoms with E-state index in [0.29, 0.717) is 12.4 Å². The number of ketones is 1. The average molecular weight is 407 g/mol. The summed E-state index contributed by atoms with van der Waals surface area (Å²) < 4.78 is 0. The zero-order chi connectivity index (χ0) is 21.4. The molecule has 2 heteroatoms. The second-order valence-corrected chi connectivity index (χ2v) is 10.0. The van der Waals surface area contributed by atoms with Gasteiger partial charge < -0.3 is 5.11 Å². The predicted octanol–water partition coefficient (Wildman–Crippen LogP) is 8.32. The van der Waals surface area contributed by atoms with Crippen molar-refractivity contribution in [2.24, 2.45) is 5.41 Å². The summed E-state index contributed by atoms with van der Waals surface area (Å²) in [7, 11) is 0. The normalized spacial score (nSPS) is 16.6. The van der Waals surface area contributed by atoms with Gasteiger partial charge in [0.2, 0.25) is 0 Å². The largest absolute Gasteiger partial charge is 0.396 e. The van der Waals surface area contributed by atoms with Crippen LogP contribution in [0.5, 0.6) is 0 Å². The molecule has 170 valence electrons. The highest BCUT2D eigenvalue weighted by Gasteiger charge is 2.31. The highest BCUT2D eigenvalue weighted by molar-refractivity contribution is 5.96. The van der Waals surface area contributed by atoms with Crippen molar-refractivity contribution >= 4 is 5.78 Å². The molecule has 0 saturated heterocycles. The fourth-order valence-electron chi connectivity index (χ4n) is 4.85. The summed E-state index contributed by atoms with van der Waals surface area (Å²) >= 11 is 0. The number of aliphatic hydroxyl groups excluding tert-OH is 1. The predicted molar refractivity (Wildman–Crippen MR) is 126 cm³/mol. The van der Waals surface area contributed by atoms with E-state index in [9.17, 15) is 4.79 Å². The molecule has 1 aliphatic rings. The number of hydrogen-bond acceptors (Lipinski definition) is 2. The molecular weight excluding hydrogens is 356 g/mol. The number of rotatable bonds is 18. The van der Waals surface area contributed by atoms with Gasteiger partial charge in [-0.1, -0.05) is 109 Å². The zero-order valence-corrected chi connectivity index (χ0v) is 20.0. The fraction of sp³-hybridized carbons (Fsp3) is 0.889. The summed E-state index contributed by atoms with van der Waals surface area (Å²) in [5.74, 6) is 0.386. The van der Waals surface area contributed by atoms with E-state index in [-0.39, 0.29) is 5.41 Å². The van der Waals surface area contributed by atoms with Gasteiger partial charge in [0.1, 0.15) is 0 Å². The Morgan fingerprint density at radius 3 is 1.48 bits per heavy atom. The van der Waals surface area contributed by atoms with Gasteiger partial charge in [-0.2, -0.15) is 0 Å². The van der Waals surface area contributed by atoms with Crippen LogP contribution in [0.15, 0.2) is 11.1 Å². The van der Waals surface area contributed by atoms with Gasteiger partial charge in [-0.05, 0) is 43.6 Å². The lowest BCUT2D eigenvalue weighted by atomic mass is 9.70. The van der Waals surface area contributed by atoms with Gasteiger partial charge in [0, 0.05) is 13.0 Å². The van der Waals surface area contributed by atoms with Crippen LogP contribution in [0.25, 0.3) is 0 Å². The molecular formula is C27H50O2. The molecule has 1 rings (SSSR count). The number of allylic oxidation sites excluding steroid dienone is 2. The molecule has 0 radical (unpaired) electrons. The molecule has 0 fully saturated rings. The third-order valence-corrected chi connectivity index (χ3v) is 7.00. The lowest BCUT2D eigenvalue weighted by Crippen LogP contribution is -2.25. The second kappa shape index (κ2) is 16.1. The summed E-state index contributed by atoms with van der Waals surface area (Å²) in [5, 5.41) is 8.75. The Morgan fingerprint density at radius 2 is 1.07 bits per heavy atom. The van der Waals surface area contributed by atoms with Crippen molar-refractivity contribution in [2.45, 2.75) is 143 Å². The maximum atomic E-state index is 12.0. The van der Waals surface area contributed by atoms with Crippen molar-refractivity contribution in [1.29, 1.82) is 0 Å². The lowest BCUT2D eigenvalue weighted by Gasteiger charge is -2.34. The molecule has 0 aromatic carbocycles. The van der Waals surface area contributed by atoms with E-state index >= 15 is 0 Å². The maximum absolute atomic E-state index is 12.0. The monoisotopic (exact) mass is 406 g/mol. The van der Waals surface area contributed by atoms with E-state index in [0.717, 1.165) is 31.3 Å². The summed E-state index contributed by atoms with van der Waals surface area (Å²) in [6.07, 6.45) is 24.3. The summed E-state index contributed by atoms with van der Waals surface area (Å²) in [5.41, 5.74) is 2.75. The standard InChI is InChI=1S/C27H50O2/c1-24-25(27(2,3)22-21-26(24)29)20-18-16-14-12-10-8-6-4-5-7-9-11-13-15-17-19-23-28/h28H,4-23H2,1-3H3. The molecule has 0 amide bonds. The van der Waals surface area contributed by atoms with E-state index < -0.39 is 0 Å². The van der Waals surface area contributed by atoms with Crippen molar-refractivity contribution in [3.63, 3.8) is 0 Å². The molecule has 0 spiro atoms. The van der Waals surface area contributed by atoms with Crippen LogP contribution in [0.4, 0.5) is 0 Å². The number of carbonyl (C=O) groups is 1. The first-order valence-electron chi connectivity index (χ1n) is 12.8. The van der Waals surface area contributed by atoms with Crippen LogP contribution in [0.2, 0.25) is 0 Å². The van der Waals surface area contributed by atoms with E-state index in [1.165, 1.54) is 102 Å². The minimum absolute atomic E-state index is 0.234. The molecule has 0 aliphatic heterocycles. The van der Waals surface area contributed by atoms with Crippen molar-refractivity contribution < 1.29 is 9.90 Å². The Hall–Kier alpha value is -0.630. The minimum atomic E-state index is 0.234. The van der Waals surface area contributed by atoms with Crippen LogP contribution in [0.1, 0.15) is 143 Å². The van der Waals surface area contributed by atoms with Crippen LogP contribution >= 0.6 is 0 Å². The van der Waals surface area contributed by atoms with Gasteiger partial charge in [0.05, 0.1) is 0 Å². The molecule has 0 unspecified atom stereocenters. The molecule has 2 nitrogen and oxygen atoms in total. The third kappa shape index (κ3) is 12.0. The molecule has 1 aliphatic carbocycles. The Kier molecular flexibility index (Phi) is 14.7. The first-order chi connectivity index (χ1) is 14.0. The summed E-state index contributed by atoms with van der Waals surface area (Å²) in [6, 6.07) is 0. The molecule has 0 aromatic rings. The number of carbonyl (C=O) groups excluding carboxylic acids is 1. The fourth-order valence-corrected chi connectivity index (χ4v) is 4.85. The molecule has 29 heavy (non-hydrogen) atoms. The minimum Gasteiger partial charge on any atom is -0.396 e. The van der Waals surface area contributed by atoms with E-state index in [1.807, 2.05) is 0 Å². The number of aliphatic hydroxyl groups is 1. The Labute approximate surface area is 181 Å². The Balaban J connectivity index is 1.88. The molecule has 0 saturated carbocycles. The van der Waals surface area contributed by atoms with E-state index in [4.69, 9.17) is 5.11 Å². The van der Waals surface area contributed by atoms with Gasteiger partial charge in [0.15, 0.2) is 5.78 Å². The van der Waals surface area contributed by atoms with E-state index in [2.05, 4.69) is 20.8 Å². The Morgan fingerprint density at radius 1 is 0.690 bits per heavy atom. The van der Waals surface area contributed by atoms with Crippen LogP contribution in [0.3, 0.4) is 0 Å². The number of hydrogen-bond donors (Lipinski definition) is 1. The average Bonchev–Trinajstić information content (AvgIpc) is 2.69. The second-order valence-electron chi connectivity index (χ2n) is 10.0. The van der Waals surface area contributed by atoms with Crippen LogP contribution < -0.4 is 0 Å². The first kappa shape index (κ1) is 26.4. The topological polar surface area (TPSA) is 37.3 Å². The van der Waals surface area contributed by atoms with Crippen molar-refractivity contribution in [2.75, 3.05) is 6.61 Å². The highest BCUT2D eigenvalue weighted by atomic mass is 16.2. The van der Waals surface area contributed by atoms with Crippen molar-refractivity contribution in [3.8, 4) is 0 Å².